The highest BCUT2D eigenvalue weighted by atomic mass is 19.1. The number of carbonyl (C=O) groups excluding carboxylic acids is 1. The number of likely N-dealkylation sites (N-methyl/N-ethyl adjacent to an activating group) is 1. The normalized spacial score (nSPS) is 16.1. The number of benzene rings is 2. The molecule has 0 unspecified atom stereocenters. The first-order valence-electron chi connectivity index (χ1n) is 8.99. The lowest BCUT2D eigenvalue weighted by Crippen LogP contribution is -2.44. The molecule has 0 radical (unpaired) electrons. The number of anilines is 2. The number of hydrogen-bond donors (Lipinski definition) is 2. The van der Waals surface area contributed by atoms with E-state index in [0.29, 0.717) is 0 Å². The summed E-state index contributed by atoms with van der Waals surface area (Å²) in [5, 5.41) is 4.93. The minimum Gasteiger partial charge on any atom is -0.369 e. The summed E-state index contributed by atoms with van der Waals surface area (Å²) < 4.78 is 27.3. The van der Waals surface area contributed by atoms with Crippen LogP contribution in [0.3, 0.4) is 0 Å². The van der Waals surface area contributed by atoms with Crippen molar-refractivity contribution < 1.29 is 13.6 Å². The van der Waals surface area contributed by atoms with Crippen molar-refractivity contribution in [3.63, 3.8) is 0 Å². The van der Waals surface area contributed by atoms with E-state index < -0.39 is 23.4 Å². The Hall–Kier alpha value is -2.67. The number of urea groups is 1. The van der Waals surface area contributed by atoms with Crippen LogP contribution in [0.15, 0.2) is 42.5 Å². The van der Waals surface area contributed by atoms with E-state index in [1.807, 2.05) is 31.2 Å². The lowest BCUT2D eigenvalue weighted by molar-refractivity contribution is 0.249. The smallest absolute Gasteiger partial charge is 0.319 e. The molecule has 1 saturated heterocycles. The Balaban J connectivity index is 1.59. The third-order valence-electron chi connectivity index (χ3n) is 4.81. The number of amides is 2. The highest BCUT2D eigenvalue weighted by Gasteiger charge is 2.16. The summed E-state index contributed by atoms with van der Waals surface area (Å²) in [6.07, 6.45) is 0. The minimum absolute atomic E-state index is 0.304. The predicted molar refractivity (Wildman–Crippen MR) is 103 cm³/mol. The third-order valence-corrected chi connectivity index (χ3v) is 4.81. The quantitative estimate of drug-likeness (QED) is 0.860. The molecule has 1 aliphatic rings. The van der Waals surface area contributed by atoms with Crippen molar-refractivity contribution in [3.8, 4) is 0 Å². The number of para-hydroxylation sites is 1. The molecule has 1 aliphatic heterocycles. The summed E-state index contributed by atoms with van der Waals surface area (Å²) >= 11 is 0. The maximum atomic E-state index is 13.6. The van der Waals surface area contributed by atoms with Crippen LogP contribution in [0, 0.1) is 11.6 Å². The molecule has 1 atom stereocenters. The fraction of sp³-hybridized carbons (Fsp3) is 0.350. The van der Waals surface area contributed by atoms with Crippen LogP contribution in [0.25, 0.3) is 0 Å². The van der Waals surface area contributed by atoms with E-state index in [1.54, 1.807) is 0 Å². The Morgan fingerprint density at radius 3 is 2.19 bits per heavy atom. The summed E-state index contributed by atoms with van der Waals surface area (Å²) in [6.45, 7) is 5.86. The lowest BCUT2D eigenvalue weighted by atomic mass is 10.1. The molecule has 2 aromatic rings. The first-order chi connectivity index (χ1) is 12.9. The van der Waals surface area contributed by atoms with Gasteiger partial charge in [0, 0.05) is 31.9 Å². The van der Waals surface area contributed by atoms with Gasteiger partial charge in [0.15, 0.2) is 0 Å². The van der Waals surface area contributed by atoms with E-state index in [9.17, 15) is 13.6 Å². The Kier molecular flexibility index (Phi) is 5.91. The molecule has 0 bridgehead atoms. The van der Waals surface area contributed by atoms with Crippen LogP contribution < -0.4 is 15.5 Å². The van der Waals surface area contributed by atoms with Crippen molar-refractivity contribution in [2.24, 2.45) is 0 Å². The van der Waals surface area contributed by atoms with Gasteiger partial charge in [0.1, 0.15) is 17.3 Å². The molecule has 0 aromatic heterocycles. The van der Waals surface area contributed by atoms with Gasteiger partial charge in [-0.25, -0.2) is 13.6 Å². The average Bonchev–Trinajstić information content (AvgIpc) is 2.65. The number of carbonyl (C=O) groups is 1. The Labute approximate surface area is 158 Å². The molecule has 0 spiro atoms. The van der Waals surface area contributed by atoms with Crippen LogP contribution >= 0.6 is 0 Å². The maximum Gasteiger partial charge on any atom is 0.319 e. The highest BCUT2D eigenvalue weighted by molar-refractivity contribution is 5.89. The van der Waals surface area contributed by atoms with Crippen LogP contribution in [-0.2, 0) is 0 Å². The van der Waals surface area contributed by atoms with E-state index in [0.717, 1.165) is 49.6 Å². The summed E-state index contributed by atoms with van der Waals surface area (Å²) in [5.41, 5.74) is 1.61. The summed E-state index contributed by atoms with van der Waals surface area (Å²) in [6, 6.07) is 10.5. The van der Waals surface area contributed by atoms with E-state index in [2.05, 4.69) is 27.5 Å². The number of piperazine rings is 1. The second kappa shape index (κ2) is 8.35. The molecule has 2 N–H and O–H groups in total. The summed E-state index contributed by atoms with van der Waals surface area (Å²) in [7, 11) is 2.12. The summed E-state index contributed by atoms with van der Waals surface area (Å²) in [4.78, 5) is 16.7. The van der Waals surface area contributed by atoms with Gasteiger partial charge in [-0.1, -0.05) is 18.2 Å². The van der Waals surface area contributed by atoms with Crippen molar-refractivity contribution in [1.82, 2.24) is 10.2 Å². The van der Waals surface area contributed by atoms with Gasteiger partial charge in [-0.05, 0) is 43.8 Å². The molecule has 0 aliphatic carbocycles. The topological polar surface area (TPSA) is 47.6 Å². The molecule has 7 heteroatoms. The van der Waals surface area contributed by atoms with E-state index in [4.69, 9.17) is 0 Å². The van der Waals surface area contributed by atoms with Crippen LogP contribution in [0.1, 0.15) is 18.5 Å². The van der Waals surface area contributed by atoms with Crippen molar-refractivity contribution >= 4 is 17.4 Å². The Morgan fingerprint density at radius 1 is 1.00 bits per heavy atom. The molecule has 27 heavy (non-hydrogen) atoms. The number of rotatable bonds is 4. The Bertz CT molecular complexity index is 769. The second-order valence-corrected chi connectivity index (χ2v) is 6.80. The van der Waals surface area contributed by atoms with Crippen molar-refractivity contribution in [1.29, 1.82) is 0 Å². The SMILES string of the molecule is C[C@H](NC(=O)Nc1c(F)cccc1F)c1ccc(N2CCN(C)CC2)cc1. The summed E-state index contributed by atoms with van der Waals surface area (Å²) in [5.74, 6) is -1.62. The number of nitrogens with zero attached hydrogens (tertiary/aromatic N) is 2. The molecule has 144 valence electrons. The third kappa shape index (κ3) is 4.74. The van der Waals surface area contributed by atoms with Gasteiger partial charge in [-0.2, -0.15) is 0 Å². The van der Waals surface area contributed by atoms with Crippen LogP contribution in [0.2, 0.25) is 0 Å². The molecular weight excluding hydrogens is 350 g/mol. The molecule has 5 nitrogen and oxygen atoms in total. The molecule has 2 amide bonds. The lowest BCUT2D eigenvalue weighted by Gasteiger charge is -2.34. The number of nitrogens with one attached hydrogen (secondary N) is 2. The van der Waals surface area contributed by atoms with Crippen LogP contribution in [0.5, 0.6) is 0 Å². The van der Waals surface area contributed by atoms with Crippen molar-refractivity contribution in [2.45, 2.75) is 13.0 Å². The first-order valence-corrected chi connectivity index (χ1v) is 8.99. The van der Waals surface area contributed by atoms with Crippen molar-refractivity contribution in [3.05, 3.63) is 59.7 Å². The molecule has 1 heterocycles. The molecule has 3 rings (SSSR count). The van der Waals surface area contributed by atoms with Gasteiger partial charge in [0.05, 0.1) is 6.04 Å². The zero-order chi connectivity index (χ0) is 19.4. The van der Waals surface area contributed by atoms with Crippen LogP contribution in [-0.4, -0.2) is 44.2 Å². The average molecular weight is 374 g/mol. The highest BCUT2D eigenvalue weighted by Crippen LogP contribution is 2.21. The standard InChI is InChI=1S/C20H24F2N4O/c1-14(23-20(27)24-19-17(21)4-3-5-18(19)22)15-6-8-16(9-7-15)26-12-10-25(2)11-13-26/h3-9,14H,10-13H2,1-2H3,(H2,23,24,27)/t14-/m0/s1. The number of hydrogen-bond acceptors (Lipinski definition) is 3. The van der Waals surface area contributed by atoms with E-state index in [1.165, 1.54) is 6.07 Å². The van der Waals surface area contributed by atoms with Gasteiger partial charge in [-0.15, -0.1) is 0 Å². The fourth-order valence-electron chi connectivity index (χ4n) is 3.09. The minimum atomic E-state index is -0.811. The zero-order valence-corrected chi connectivity index (χ0v) is 15.5. The first kappa shape index (κ1) is 19.1. The maximum absolute atomic E-state index is 13.6. The Morgan fingerprint density at radius 2 is 1.59 bits per heavy atom. The molecule has 1 fully saturated rings. The van der Waals surface area contributed by atoms with Gasteiger partial charge in [0.2, 0.25) is 0 Å². The van der Waals surface area contributed by atoms with E-state index >= 15 is 0 Å². The van der Waals surface area contributed by atoms with Gasteiger partial charge in [0.25, 0.3) is 0 Å². The fourth-order valence-corrected chi connectivity index (χ4v) is 3.09. The van der Waals surface area contributed by atoms with Gasteiger partial charge in [-0.3, -0.25) is 0 Å². The monoisotopic (exact) mass is 374 g/mol. The van der Waals surface area contributed by atoms with Crippen molar-refractivity contribution in [2.75, 3.05) is 43.4 Å². The number of halogens is 2. The largest absolute Gasteiger partial charge is 0.369 e. The predicted octanol–water partition coefficient (Wildman–Crippen LogP) is 3.60. The van der Waals surface area contributed by atoms with Gasteiger partial charge >= 0.3 is 6.03 Å². The van der Waals surface area contributed by atoms with E-state index in [-0.39, 0.29) is 6.04 Å². The molecule has 2 aromatic carbocycles. The molecule has 0 saturated carbocycles. The van der Waals surface area contributed by atoms with Gasteiger partial charge < -0.3 is 20.4 Å². The zero-order valence-electron chi connectivity index (χ0n) is 15.5. The van der Waals surface area contributed by atoms with Crippen LogP contribution in [0.4, 0.5) is 25.0 Å². The molecular formula is C20H24F2N4O. The second-order valence-electron chi connectivity index (χ2n) is 6.80.